The van der Waals surface area contributed by atoms with Crippen LogP contribution in [0.4, 0.5) is 0 Å². The molecule has 17 heavy (non-hydrogen) atoms. The van der Waals surface area contributed by atoms with E-state index in [0.717, 1.165) is 0 Å². The van der Waals surface area contributed by atoms with Crippen molar-refractivity contribution in [3.8, 4) is 5.75 Å². The summed E-state index contributed by atoms with van der Waals surface area (Å²) < 4.78 is 5.13. The molecule has 92 valence electrons. The van der Waals surface area contributed by atoms with E-state index in [9.17, 15) is 9.59 Å². The van der Waals surface area contributed by atoms with Crippen LogP contribution in [0, 0.1) is 0 Å². The van der Waals surface area contributed by atoms with Crippen molar-refractivity contribution in [3.05, 3.63) is 28.2 Å². The van der Waals surface area contributed by atoms with E-state index >= 15 is 0 Å². The van der Waals surface area contributed by atoms with Gasteiger partial charge in [-0.1, -0.05) is 23.2 Å². The van der Waals surface area contributed by atoms with Gasteiger partial charge in [-0.3, -0.25) is 20.4 Å². The highest BCUT2D eigenvalue weighted by Gasteiger charge is 2.06. The average Bonchev–Trinajstić information content (AvgIpc) is 2.25. The SMILES string of the molecule is CC(=O)NNC(=O)COc1ccc(Cl)cc1Cl. The van der Waals surface area contributed by atoms with Gasteiger partial charge in [0.05, 0.1) is 5.02 Å². The highest BCUT2D eigenvalue weighted by Crippen LogP contribution is 2.27. The Balaban J connectivity index is 2.44. The molecule has 7 heteroatoms. The van der Waals surface area contributed by atoms with Gasteiger partial charge in [-0.2, -0.15) is 0 Å². The van der Waals surface area contributed by atoms with Crippen molar-refractivity contribution in [1.82, 2.24) is 10.9 Å². The lowest BCUT2D eigenvalue weighted by Gasteiger charge is -2.08. The van der Waals surface area contributed by atoms with E-state index in [-0.39, 0.29) is 12.5 Å². The molecule has 5 nitrogen and oxygen atoms in total. The van der Waals surface area contributed by atoms with E-state index in [1.165, 1.54) is 13.0 Å². The molecule has 0 atom stereocenters. The van der Waals surface area contributed by atoms with Gasteiger partial charge in [0, 0.05) is 11.9 Å². The van der Waals surface area contributed by atoms with Gasteiger partial charge < -0.3 is 4.74 Å². The maximum atomic E-state index is 11.2. The number of carbonyl (C=O) groups is 2. The number of benzene rings is 1. The van der Waals surface area contributed by atoms with Crippen molar-refractivity contribution in [2.45, 2.75) is 6.92 Å². The van der Waals surface area contributed by atoms with Crippen LogP contribution in [-0.2, 0) is 9.59 Å². The lowest BCUT2D eigenvalue weighted by atomic mass is 10.3. The number of hydrazine groups is 1. The fourth-order valence-electron chi connectivity index (χ4n) is 0.929. The van der Waals surface area contributed by atoms with Crippen LogP contribution in [0.3, 0.4) is 0 Å². The van der Waals surface area contributed by atoms with Crippen LogP contribution in [0.1, 0.15) is 6.92 Å². The maximum Gasteiger partial charge on any atom is 0.276 e. The van der Waals surface area contributed by atoms with Gasteiger partial charge in [0.25, 0.3) is 5.91 Å². The quantitative estimate of drug-likeness (QED) is 0.823. The first-order valence-electron chi connectivity index (χ1n) is 4.62. The van der Waals surface area contributed by atoms with E-state index in [1.54, 1.807) is 12.1 Å². The number of carbonyl (C=O) groups excluding carboxylic acids is 2. The van der Waals surface area contributed by atoms with Crippen LogP contribution < -0.4 is 15.6 Å². The van der Waals surface area contributed by atoms with Gasteiger partial charge in [-0.05, 0) is 18.2 Å². The lowest BCUT2D eigenvalue weighted by molar-refractivity contribution is -0.129. The molecule has 0 radical (unpaired) electrons. The summed E-state index contributed by atoms with van der Waals surface area (Å²) in [4.78, 5) is 21.7. The maximum absolute atomic E-state index is 11.2. The summed E-state index contributed by atoms with van der Waals surface area (Å²) in [7, 11) is 0. The topological polar surface area (TPSA) is 67.4 Å². The van der Waals surface area contributed by atoms with E-state index in [1.807, 2.05) is 0 Å². The fourth-order valence-corrected chi connectivity index (χ4v) is 1.39. The zero-order valence-electron chi connectivity index (χ0n) is 8.92. The predicted octanol–water partition coefficient (Wildman–Crippen LogP) is 1.54. The monoisotopic (exact) mass is 276 g/mol. The molecule has 1 aromatic carbocycles. The number of hydrogen-bond donors (Lipinski definition) is 2. The van der Waals surface area contributed by atoms with Crippen molar-refractivity contribution < 1.29 is 14.3 Å². The van der Waals surface area contributed by atoms with Crippen molar-refractivity contribution in [2.75, 3.05) is 6.61 Å². The summed E-state index contributed by atoms with van der Waals surface area (Å²) in [5.41, 5.74) is 4.28. The third kappa shape index (κ3) is 4.93. The van der Waals surface area contributed by atoms with Gasteiger partial charge in [0.15, 0.2) is 6.61 Å². The summed E-state index contributed by atoms with van der Waals surface area (Å²) in [6, 6.07) is 4.65. The molecular weight excluding hydrogens is 267 g/mol. The van der Waals surface area contributed by atoms with Crippen LogP contribution >= 0.6 is 23.2 Å². The smallest absolute Gasteiger partial charge is 0.276 e. The number of ether oxygens (including phenoxy) is 1. The molecule has 0 spiro atoms. The van der Waals surface area contributed by atoms with Gasteiger partial charge in [-0.25, -0.2) is 0 Å². The molecule has 0 unspecified atom stereocenters. The number of amides is 2. The number of halogens is 2. The summed E-state index contributed by atoms with van der Waals surface area (Å²) in [6.45, 7) is 1.01. The molecule has 2 N–H and O–H groups in total. The summed E-state index contributed by atoms with van der Waals surface area (Å²) in [5, 5.41) is 0.787. The molecule has 0 aromatic heterocycles. The fraction of sp³-hybridized carbons (Fsp3) is 0.200. The molecule has 0 saturated heterocycles. The Morgan fingerprint density at radius 2 is 2.00 bits per heavy atom. The molecule has 2 amide bonds. The van der Waals surface area contributed by atoms with Gasteiger partial charge in [-0.15, -0.1) is 0 Å². The Bertz CT molecular complexity index is 438. The molecule has 0 heterocycles. The normalized spacial score (nSPS) is 9.59. The Kier molecular flexibility index (Phi) is 5.06. The number of nitrogens with one attached hydrogen (secondary N) is 2. The Hall–Kier alpha value is -1.46. The Morgan fingerprint density at radius 3 is 2.59 bits per heavy atom. The lowest BCUT2D eigenvalue weighted by Crippen LogP contribution is -2.42. The van der Waals surface area contributed by atoms with E-state index < -0.39 is 5.91 Å². The summed E-state index contributed by atoms with van der Waals surface area (Å²) in [6.07, 6.45) is 0. The van der Waals surface area contributed by atoms with E-state index in [2.05, 4.69) is 10.9 Å². The third-order valence-corrected chi connectivity index (χ3v) is 2.16. The number of rotatable bonds is 3. The predicted molar refractivity (Wildman–Crippen MR) is 63.9 cm³/mol. The second-order valence-electron chi connectivity index (χ2n) is 3.09. The second kappa shape index (κ2) is 6.32. The van der Waals surface area contributed by atoms with Crippen LogP contribution in [0.2, 0.25) is 10.0 Å². The van der Waals surface area contributed by atoms with Crippen LogP contribution in [0.15, 0.2) is 18.2 Å². The Labute approximate surface area is 108 Å². The van der Waals surface area contributed by atoms with Crippen molar-refractivity contribution in [2.24, 2.45) is 0 Å². The summed E-state index contributed by atoms with van der Waals surface area (Å²) in [5.74, 6) is -0.525. The van der Waals surface area contributed by atoms with E-state index in [0.29, 0.717) is 15.8 Å². The molecule has 0 bridgehead atoms. The molecule has 0 aliphatic heterocycles. The zero-order chi connectivity index (χ0) is 12.8. The minimum absolute atomic E-state index is 0.262. The third-order valence-electron chi connectivity index (χ3n) is 1.63. The first-order valence-corrected chi connectivity index (χ1v) is 5.38. The molecule has 1 aromatic rings. The number of hydrogen-bond acceptors (Lipinski definition) is 3. The average molecular weight is 277 g/mol. The first kappa shape index (κ1) is 13.6. The molecule has 1 rings (SSSR count). The van der Waals surface area contributed by atoms with Crippen LogP contribution in [0.5, 0.6) is 5.75 Å². The molecule has 0 fully saturated rings. The molecule has 0 aliphatic carbocycles. The largest absolute Gasteiger partial charge is 0.482 e. The molecule has 0 saturated carbocycles. The molecular formula is C10H10Cl2N2O3. The van der Waals surface area contributed by atoms with Crippen LogP contribution in [0.25, 0.3) is 0 Å². The summed E-state index contributed by atoms with van der Waals surface area (Å²) >= 11 is 11.5. The van der Waals surface area contributed by atoms with Gasteiger partial charge in [0.2, 0.25) is 5.91 Å². The Morgan fingerprint density at radius 1 is 1.29 bits per heavy atom. The second-order valence-corrected chi connectivity index (χ2v) is 3.94. The minimum atomic E-state index is -0.494. The van der Waals surface area contributed by atoms with Crippen molar-refractivity contribution in [3.63, 3.8) is 0 Å². The standard InChI is InChI=1S/C10H10Cl2N2O3/c1-6(15)13-14-10(16)5-17-9-3-2-7(11)4-8(9)12/h2-4H,5H2,1H3,(H,13,15)(H,14,16). The highest BCUT2D eigenvalue weighted by atomic mass is 35.5. The minimum Gasteiger partial charge on any atom is -0.482 e. The zero-order valence-corrected chi connectivity index (χ0v) is 10.4. The van der Waals surface area contributed by atoms with Crippen molar-refractivity contribution in [1.29, 1.82) is 0 Å². The van der Waals surface area contributed by atoms with Gasteiger partial charge >= 0.3 is 0 Å². The van der Waals surface area contributed by atoms with Gasteiger partial charge in [0.1, 0.15) is 5.75 Å². The van der Waals surface area contributed by atoms with Crippen molar-refractivity contribution >= 4 is 35.0 Å². The molecule has 0 aliphatic rings. The van der Waals surface area contributed by atoms with E-state index in [4.69, 9.17) is 27.9 Å². The first-order chi connectivity index (χ1) is 7.99. The van der Waals surface area contributed by atoms with Crippen LogP contribution in [-0.4, -0.2) is 18.4 Å². The highest BCUT2D eigenvalue weighted by molar-refractivity contribution is 6.35.